The normalized spacial score (nSPS) is 14.4. The van der Waals surface area contributed by atoms with Crippen molar-refractivity contribution in [2.45, 2.75) is 45.6 Å². The predicted molar refractivity (Wildman–Crippen MR) is 70.4 cm³/mol. The molecule has 1 heterocycles. The van der Waals surface area contributed by atoms with Gasteiger partial charge in [-0.25, -0.2) is 9.97 Å². The van der Waals surface area contributed by atoms with Crippen molar-refractivity contribution in [3.8, 4) is 0 Å². The Morgan fingerprint density at radius 2 is 2.12 bits per heavy atom. The van der Waals surface area contributed by atoms with E-state index in [1.807, 2.05) is 13.8 Å². The number of aromatic nitrogens is 2. The fourth-order valence-electron chi connectivity index (χ4n) is 1.41. The van der Waals surface area contributed by atoms with E-state index in [0.717, 1.165) is 25.1 Å². The molecule has 0 spiro atoms. The Bertz CT molecular complexity index is 367. The Morgan fingerprint density at radius 1 is 1.41 bits per heavy atom. The number of nitrogens with one attached hydrogen (secondary N) is 1. The molecule has 0 aliphatic rings. The van der Waals surface area contributed by atoms with Gasteiger partial charge in [-0.3, -0.25) is 0 Å². The SMILES string of the molecule is CCCc1nc(Cl)cc(NC(C)(CC)CO)n1. The third kappa shape index (κ3) is 4.13. The van der Waals surface area contributed by atoms with Gasteiger partial charge in [0.15, 0.2) is 0 Å². The molecule has 0 aliphatic carbocycles. The van der Waals surface area contributed by atoms with Gasteiger partial charge in [0.2, 0.25) is 0 Å². The van der Waals surface area contributed by atoms with Crippen molar-refractivity contribution in [1.29, 1.82) is 0 Å². The van der Waals surface area contributed by atoms with Crippen LogP contribution in [0.1, 0.15) is 39.4 Å². The number of anilines is 1. The summed E-state index contributed by atoms with van der Waals surface area (Å²) in [5, 5.41) is 13.0. The second kappa shape index (κ2) is 6.17. The Morgan fingerprint density at radius 3 is 2.65 bits per heavy atom. The van der Waals surface area contributed by atoms with Crippen molar-refractivity contribution in [2.75, 3.05) is 11.9 Å². The van der Waals surface area contributed by atoms with Crippen LogP contribution in [0.25, 0.3) is 0 Å². The molecule has 1 unspecified atom stereocenters. The summed E-state index contributed by atoms with van der Waals surface area (Å²) in [5.41, 5.74) is -0.374. The minimum Gasteiger partial charge on any atom is -0.394 e. The second-order valence-corrected chi connectivity index (χ2v) is 4.83. The molecule has 17 heavy (non-hydrogen) atoms. The van der Waals surface area contributed by atoms with E-state index in [1.54, 1.807) is 6.07 Å². The van der Waals surface area contributed by atoms with Crippen LogP contribution in [0.15, 0.2) is 6.07 Å². The monoisotopic (exact) mass is 257 g/mol. The van der Waals surface area contributed by atoms with Crippen LogP contribution in [-0.2, 0) is 6.42 Å². The minimum atomic E-state index is -0.374. The maximum atomic E-state index is 9.35. The van der Waals surface area contributed by atoms with Crippen molar-refractivity contribution in [2.24, 2.45) is 0 Å². The van der Waals surface area contributed by atoms with Gasteiger partial charge in [-0.1, -0.05) is 25.4 Å². The molecule has 0 aliphatic heterocycles. The molecule has 5 heteroatoms. The zero-order chi connectivity index (χ0) is 12.9. The Labute approximate surface area is 107 Å². The quantitative estimate of drug-likeness (QED) is 0.770. The first-order valence-corrected chi connectivity index (χ1v) is 6.33. The molecule has 0 saturated carbocycles. The number of hydrogen-bond acceptors (Lipinski definition) is 4. The van der Waals surface area contributed by atoms with E-state index in [-0.39, 0.29) is 12.1 Å². The first-order chi connectivity index (χ1) is 8.03. The van der Waals surface area contributed by atoms with Crippen LogP contribution in [-0.4, -0.2) is 27.2 Å². The van der Waals surface area contributed by atoms with Crippen molar-refractivity contribution in [3.05, 3.63) is 17.0 Å². The van der Waals surface area contributed by atoms with Gasteiger partial charge < -0.3 is 10.4 Å². The summed E-state index contributed by atoms with van der Waals surface area (Å²) in [5.74, 6) is 1.41. The highest BCUT2D eigenvalue weighted by atomic mass is 35.5. The van der Waals surface area contributed by atoms with Crippen LogP contribution in [0.3, 0.4) is 0 Å². The minimum absolute atomic E-state index is 0.0498. The fourth-order valence-corrected chi connectivity index (χ4v) is 1.61. The lowest BCUT2D eigenvalue weighted by Crippen LogP contribution is -2.38. The molecule has 96 valence electrons. The van der Waals surface area contributed by atoms with E-state index in [4.69, 9.17) is 11.6 Å². The van der Waals surface area contributed by atoms with Gasteiger partial charge in [0.1, 0.15) is 16.8 Å². The van der Waals surface area contributed by atoms with Gasteiger partial charge >= 0.3 is 0 Å². The molecule has 1 aromatic heterocycles. The summed E-state index contributed by atoms with van der Waals surface area (Å²) in [6.45, 7) is 6.08. The van der Waals surface area contributed by atoms with Crippen LogP contribution in [0.2, 0.25) is 5.15 Å². The lowest BCUT2D eigenvalue weighted by molar-refractivity contribution is 0.218. The van der Waals surface area contributed by atoms with Gasteiger partial charge in [0, 0.05) is 12.5 Å². The number of aliphatic hydroxyl groups is 1. The molecule has 0 aromatic carbocycles. The maximum Gasteiger partial charge on any atom is 0.134 e. The van der Waals surface area contributed by atoms with E-state index in [1.165, 1.54) is 0 Å². The second-order valence-electron chi connectivity index (χ2n) is 4.44. The summed E-state index contributed by atoms with van der Waals surface area (Å²) in [6, 6.07) is 1.68. The van der Waals surface area contributed by atoms with Crippen molar-refractivity contribution in [1.82, 2.24) is 9.97 Å². The number of aryl methyl sites for hydroxylation is 1. The molecule has 0 amide bonds. The van der Waals surface area contributed by atoms with Gasteiger partial charge in [0.05, 0.1) is 12.1 Å². The lowest BCUT2D eigenvalue weighted by atomic mass is 10.0. The first-order valence-electron chi connectivity index (χ1n) is 5.95. The number of hydrogen-bond donors (Lipinski definition) is 2. The van der Waals surface area contributed by atoms with Crippen molar-refractivity contribution >= 4 is 17.4 Å². The molecule has 0 fully saturated rings. The van der Waals surface area contributed by atoms with Gasteiger partial charge in [-0.2, -0.15) is 0 Å². The first kappa shape index (κ1) is 14.2. The highest BCUT2D eigenvalue weighted by Gasteiger charge is 2.21. The van der Waals surface area contributed by atoms with Gasteiger partial charge in [-0.15, -0.1) is 0 Å². The topological polar surface area (TPSA) is 58.0 Å². The number of nitrogens with zero attached hydrogens (tertiary/aromatic N) is 2. The number of halogens is 1. The fraction of sp³-hybridized carbons (Fsp3) is 0.667. The molecule has 1 atom stereocenters. The summed E-state index contributed by atoms with van der Waals surface area (Å²) in [7, 11) is 0. The molecule has 0 radical (unpaired) electrons. The maximum absolute atomic E-state index is 9.35. The van der Waals surface area contributed by atoms with Gasteiger partial charge in [-0.05, 0) is 19.8 Å². The van der Waals surface area contributed by atoms with E-state index in [0.29, 0.717) is 11.0 Å². The Balaban J connectivity index is 2.90. The largest absolute Gasteiger partial charge is 0.394 e. The molecule has 2 N–H and O–H groups in total. The lowest BCUT2D eigenvalue weighted by Gasteiger charge is -2.27. The van der Waals surface area contributed by atoms with E-state index in [9.17, 15) is 5.11 Å². The average Bonchev–Trinajstić information content (AvgIpc) is 2.28. The third-order valence-corrected chi connectivity index (χ3v) is 2.97. The molecule has 1 rings (SSSR count). The summed E-state index contributed by atoms with van der Waals surface area (Å²) in [6.07, 6.45) is 2.58. The Hall–Kier alpha value is -0.870. The van der Waals surface area contributed by atoms with Crippen LogP contribution >= 0.6 is 11.6 Å². The average molecular weight is 258 g/mol. The number of rotatable bonds is 6. The molecule has 1 aromatic rings. The highest BCUT2D eigenvalue weighted by Crippen LogP contribution is 2.19. The van der Waals surface area contributed by atoms with Crippen molar-refractivity contribution < 1.29 is 5.11 Å². The molecule has 0 bridgehead atoms. The van der Waals surface area contributed by atoms with Crippen LogP contribution in [0.5, 0.6) is 0 Å². The zero-order valence-electron chi connectivity index (χ0n) is 10.6. The predicted octanol–water partition coefficient (Wildman–Crippen LogP) is 2.66. The smallest absolute Gasteiger partial charge is 0.134 e. The highest BCUT2D eigenvalue weighted by molar-refractivity contribution is 6.29. The standard InChI is InChI=1S/C12H20ClN3O/c1-4-6-10-14-9(13)7-11(15-10)16-12(3,5-2)8-17/h7,17H,4-6,8H2,1-3H3,(H,14,15,16). The summed E-state index contributed by atoms with van der Waals surface area (Å²) < 4.78 is 0. The molecular formula is C12H20ClN3O. The van der Waals surface area contributed by atoms with Crippen molar-refractivity contribution in [3.63, 3.8) is 0 Å². The zero-order valence-corrected chi connectivity index (χ0v) is 11.4. The Kier molecular flexibility index (Phi) is 5.15. The third-order valence-electron chi connectivity index (χ3n) is 2.77. The summed E-state index contributed by atoms with van der Waals surface area (Å²) in [4.78, 5) is 8.54. The van der Waals surface area contributed by atoms with E-state index in [2.05, 4.69) is 22.2 Å². The summed E-state index contributed by atoms with van der Waals surface area (Å²) >= 11 is 5.95. The molecular weight excluding hydrogens is 238 g/mol. The van der Waals surface area contributed by atoms with Crippen LogP contribution < -0.4 is 5.32 Å². The van der Waals surface area contributed by atoms with Gasteiger partial charge in [0.25, 0.3) is 0 Å². The van der Waals surface area contributed by atoms with E-state index >= 15 is 0 Å². The number of aliphatic hydroxyl groups excluding tert-OH is 1. The van der Waals surface area contributed by atoms with Crippen LogP contribution in [0, 0.1) is 0 Å². The van der Waals surface area contributed by atoms with Crippen LogP contribution in [0.4, 0.5) is 5.82 Å². The van der Waals surface area contributed by atoms with E-state index < -0.39 is 0 Å². The molecule has 4 nitrogen and oxygen atoms in total. The molecule has 0 saturated heterocycles.